The Hall–Kier alpha value is -1.07. The third kappa shape index (κ3) is 4.95. The minimum Gasteiger partial charge on any atom is -0.496 e. The molecule has 1 saturated carbocycles. The lowest BCUT2D eigenvalue weighted by atomic mass is 9.94. The summed E-state index contributed by atoms with van der Waals surface area (Å²) >= 11 is 3.50. The van der Waals surface area contributed by atoms with Gasteiger partial charge in [0.15, 0.2) is 0 Å². The van der Waals surface area contributed by atoms with E-state index in [1.54, 1.807) is 7.11 Å². The first-order chi connectivity index (χ1) is 11.0. The number of amides is 1. The zero-order valence-corrected chi connectivity index (χ0v) is 15.9. The Morgan fingerprint density at radius 1 is 1.39 bits per heavy atom. The van der Waals surface area contributed by atoms with Crippen LogP contribution in [0.3, 0.4) is 0 Å². The molecule has 1 N–H and O–H groups in total. The van der Waals surface area contributed by atoms with Crippen LogP contribution in [0.25, 0.3) is 0 Å². The third-order valence-corrected chi connectivity index (χ3v) is 5.37. The molecule has 0 aliphatic heterocycles. The van der Waals surface area contributed by atoms with E-state index >= 15 is 0 Å². The first kappa shape index (κ1) is 18.3. The zero-order chi connectivity index (χ0) is 16.8. The van der Waals surface area contributed by atoms with Gasteiger partial charge in [0.1, 0.15) is 5.75 Å². The van der Waals surface area contributed by atoms with E-state index in [9.17, 15) is 4.79 Å². The smallest absolute Gasteiger partial charge is 0.236 e. The van der Waals surface area contributed by atoms with Gasteiger partial charge in [0.05, 0.1) is 18.1 Å². The van der Waals surface area contributed by atoms with E-state index in [0.717, 1.165) is 28.6 Å². The van der Waals surface area contributed by atoms with Gasteiger partial charge in [0, 0.05) is 19.1 Å². The number of nitrogens with zero attached hydrogens (tertiary/aromatic N) is 1. The molecule has 128 valence electrons. The number of likely N-dealkylation sites (N-methyl/N-ethyl adjacent to an activating group) is 1. The summed E-state index contributed by atoms with van der Waals surface area (Å²) in [6, 6.07) is 6.53. The largest absolute Gasteiger partial charge is 0.496 e. The number of ether oxygens (including phenoxy) is 1. The maximum absolute atomic E-state index is 12.4. The van der Waals surface area contributed by atoms with Crippen LogP contribution in [0.1, 0.15) is 50.6 Å². The van der Waals surface area contributed by atoms with Gasteiger partial charge in [-0.2, -0.15) is 0 Å². The summed E-state index contributed by atoms with van der Waals surface area (Å²) in [6.07, 6.45) is 6.07. The molecule has 1 fully saturated rings. The summed E-state index contributed by atoms with van der Waals surface area (Å²) in [5.74, 6) is 0.991. The van der Waals surface area contributed by atoms with Crippen molar-refractivity contribution < 1.29 is 9.53 Å². The molecule has 1 aliphatic carbocycles. The van der Waals surface area contributed by atoms with Crippen molar-refractivity contribution in [3.63, 3.8) is 0 Å². The van der Waals surface area contributed by atoms with Gasteiger partial charge in [-0.3, -0.25) is 4.79 Å². The maximum Gasteiger partial charge on any atom is 0.236 e. The normalized spacial score (nSPS) is 16.9. The predicted octanol–water partition coefficient (Wildman–Crippen LogP) is 3.90. The molecule has 4 nitrogen and oxygen atoms in total. The fraction of sp³-hybridized carbons (Fsp3) is 0.611. The van der Waals surface area contributed by atoms with E-state index in [0.29, 0.717) is 12.6 Å². The number of benzene rings is 1. The molecule has 0 saturated heterocycles. The summed E-state index contributed by atoms with van der Waals surface area (Å²) in [6.45, 7) is 2.44. The molecule has 0 spiro atoms. The van der Waals surface area contributed by atoms with Crippen molar-refractivity contribution in [2.75, 3.05) is 20.7 Å². The van der Waals surface area contributed by atoms with Crippen LogP contribution in [0.5, 0.6) is 5.75 Å². The highest BCUT2D eigenvalue weighted by Crippen LogP contribution is 2.28. The first-order valence-electron chi connectivity index (χ1n) is 8.35. The van der Waals surface area contributed by atoms with E-state index in [1.807, 2.05) is 30.1 Å². The van der Waals surface area contributed by atoms with Gasteiger partial charge < -0.3 is 15.0 Å². The average molecular weight is 383 g/mol. The van der Waals surface area contributed by atoms with Crippen LogP contribution in [0.2, 0.25) is 0 Å². The Bertz CT molecular complexity index is 530. The van der Waals surface area contributed by atoms with E-state index in [4.69, 9.17) is 4.74 Å². The maximum atomic E-state index is 12.4. The quantitative estimate of drug-likeness (QED) is 0.810. The van der Waals surface area contributed by atoms with Crippen molar-refractivity contribution in [3.8, 4) is 5.75 Å². The Labute approximate surface area is 147 Å². The number of carbonyl (C=O) groups excluding carboxylic acids is 1. The Morgan fingerprint density at radius 3 is 2.70 bits per heavy atom. The Balaban J connectivity index is 1.86. The lowest BCUT2D eigenvalue weighted by Crippen LogP contribution is -2.43. The monoisotopic (exact) mass is 382 g/mol. The van der Waals surface area contributed by atoms with E-state index in [2.05, 4.69) is 28.2 Å². The molecule has 1 amide bonds. The molecule has 2 rings (SSSR count). The second kappa shape index (κ2) is 8.69. The summed E-state index contributed by atoms with van der Waals surface area (Å²) in [5.41, 5.74) is 1.13. The molecule has 0 bridgehead atoms. The lowest BCUT2D eigenvalue weighted by Gasteiger charge is -2.31. The minimum absolute atomic E-state index is 0.112. The zero-order valence-electron chi connectivity index (χ0n) is 14.3. The van der Waals surface area contributed by atoms with Crippen LogP contribution in [-0.4, -0.2) is 37.6 Å². The molecule has 1 unspecified atom stereocenters. The summed E-state index contributed by atoms with van der Waals surface area (Å²) < 4.78 is 6.18. The van der Waals surface area contributed by atoms with Gasteiger partial charge >= 0.3 is 0 Å². The average Bonchev–Trinajstić information content (AvgIpc) is 2.59. The summed E-state index contributed by atoms with van der Waals surface area (Å²) in [7, 11) is 3.59. The number of rotatable bonds is 6. The van der Waals surface area contributed by atoms with E-state index in [1.165, 1.54) is 19.3 Å². The van der Waals surface area contributed by atoms with Crippen LogP contribution >= 0.6 is 15.9 Å². The third-order valence-electron chi connectivity index (χ3n) is 4.75. The molecular weight excluding hydrogens is 356 g/mol. The van der Waals surface area contributed by atoms with Crippen LogP contribution in [0, 0.1) is 0 Å². The van der Waals surface area contributed by atoms with Gasteiger partial charge in [0.25, 0.3) is 0 Å². The highest BCUT2D eigenvalue weighted by Gasteiger charge is 2.22. The van der Waals surface area contributed by atoms with Crippen LogP contribution in [0.15, 0.2) is 22.7 Å². The molecule has 1 aromatic carbocycles. The molecule has 1 atom stereocenters. The Morgan fingerprint density at radius 2 is 2.09 bits per heavy atom. The molecule has 23 heavy (non-hydrogen) atoms. The van der Waals surface area contributed by atoms with Gasteiger partial charge in [-0.05, 0) is 53.4 Å². The van der Waals surface area contributed by atoms with Crippen molar-refractivity contribution in [3.05, 3.63) is 28.2 Å². The number of carbonyl (C=O) groups is 1. The van der Waals surface area contributed by atoms with E-state index in [-0.39, 0.29) is 11.9 Å². The second-order valence-corrected chi connectivity index (χ2v) is 7.15. The summed E-state index contributed by atoms with van der Waals surface area (Å²) in [4.78, 5) is 14.3. The molecule has 1 aliphatic rings. The molecule has 5 heteroatoms. The standard InChI is InChI=1S/C18H27BrN2O2/c1-13(14-9-10-17(23-3)16(19)11-14)20-12-18(22)21(2)15-7-5-4-6-8-15/h9-11,13,15,20H,4-8,12H2,1-3H3. The van der Waals surface area contributed by atoms with Crippen LogP contribution < -0.4 is 10.1 Å². The predicted molar refractivity (Wildman–Crippen MR) is 96.8 cm³/mol. The van der Waals surface area contributed by atoms with Crippen molar-refractivity contribution in [1.82, 2.24) is 10.2 Å². The number of nitrogens with one attached hydrogen (secondary N) is 1. The van der Waals surface area contributed by atoms with Gasteiger partial charge in [-0.1, -0.05) is 25.3 Å². The summed E-state index contributed by atoms with van der Waals surface area (Å²) in [5, 5.41) is 3.33. The fourth-order valence-corrected chi connectivity index (χ4v) is 3.67. The highest BCUT2D eigenvalue weighted by molar-refractivity contribution is 9.10. The topological polar surface area (TPSA) is 41.6 Å². The SMILES string of the molecule is COc1ccc(C(C)NCC(=O)N(C)C2CCCCC2)cc1Br. The lowest BCUT2D eigenvalue weighted by molar-refractivity contribution is -0.131. The molecule has 1 aromatic rings. The molecule has 0 heterocycles. The minimum atomic E-state index is 0.112. The number of methoxy groups -OCH3 is 1. The number of hydrogen-bond acceptors (Lipinski definition) is 3. The van der Waals surface area contributed by atoms with Gasteiger partial charge in [-0.15, -0.1) is 0 Å². The van der Waals surface area contributed by atoms with Crippen molar-refractivity contribution in [2.45, 2.75) is 51.1 Å². The van der Waals surface area contributed by atoms with Gasteiger partial charge in [0.2, 0.25) is 5.91 Å². The highest BCUT2D eigenvalue weighted by atomic mass is 79.9. The van der Waals surface area contributed by atoms with Crippen LogP contribution in [0.4, 0.5) is 0 Å². The van der Waals surface area contributed by atoms with Gasteiger partial charge in [-0.25, -0.2) is 0 Å². The molecule has 0 radical (unpaired) electrons. The molecular formula is C18H27BrN2O2. The van der Waals surface area contributed by atoms with E-state index < -0.39 is 0 Å². The van der Waals surface area contributed by atoms with Crippen molar-refractivity contribution in [2.24, 2.45) is 0 Å². The Kier molecular flexibility index (Phi) is 6.90. The van der Waals surface area contributed by atoms with Crippen molar-refractivity contribution in [1.29, 1.82) is 0 Å². The fourth-order valence-electron chi connectivity index (χ4n) is 3.11. The second-order valence-electron chi connectivity index (χ2n) is 6.29. The number of halogens is 1. The van der Waals surface area contributed by atoms with Crippen molar-refractivity contribution >= 4 is 21.8 Å². The molecule has 0 aromatic heterocycles. The first-order valence-corrected chi connectivity index (χ1v) is 9.14. The number of hydrogen-bond donors (Lipinski definition) is 1. The van der Waals surface area contributed by atoms with Crippen LogP contribution in [-0.2, 0) is 4.79 Å².